The highest BCUT2D eigenvalue weighted by Gasteiger charge is 2.34. The Morgan fingerprint density at radius 3 is 2.45 bits per heavy atom. The summed E-state index contributed by atoms with van der Waals surface area (Å²) < 4.78 is 41.9. The molecule has 1 aliphatic heterocycles. The van der Waals surface area contributed by atoms with Gasteiger partial charge in [0.05, 0.1) is 11.1 Å². The molecule has 5 nitrogen and oxygen atoms in total. The highest BCUT2D eigenvalue weighted by Crippen LogP contribution is 2.35. The molecule has 0 unspecified atom stereocenters. The summed E-state index contributed by atoms with van der Waals surface area (Å²) >= 11 is 0. The molecule has 8 heteroatoms. The summed E-state index contributed by atoms with van der Waals surface area (Å²) in [5.41, 5.74) is 3.92. The number of piperazine rings is 1. The Bertz CT molecular complexity index is 1590. The first-order chi connectivity index (χ1) is 20.2. The molecule has 0 bridgehead atoms. The van der Waals surface area contributed by atoms with Gasteiger partial charge in [-0.1, -0.05) is 61.9 Å². The van der Waals surface area contributed by atoms with Gasteiger partial charge in [0.15, 0.2) is 0 Å². The normalized spacial score (nSPS) is 15.0. The smallest absolute Gasteiger partial charge is 0.322 e. The van der Waals surface area contributed by atoms with Crippen LogP contribution >= 0.6 is 0 Å². The van der Waals surface area contributed by atoms with E-state index in [0.29, 0.717) is 18.7 Å². The number of halogens is 3. The van der Waals surface area contributed by atoms with Crippen molar-refractivity contribution in [3.63, 3.8) is 0 Å². The van der Waals surface area contributed by atoms with Crippen molar-refractivity contribution >= 4 is 34.6 Å². The summed E-state index contributed by atoms with van der Waals surface area (Å²) in [6, 6.07) is 19.3. The Balaban J connectivity index is 1.29. The number of aryl methyl sites for hydroxylation is 1. The molecule has 0 saturated carbocycles. The molecule has 42 heavy (non-hydrogen) atoms. The van der Waals surface area contributed by atoms with E-state index in [9.17, 15) is 18.0 Å². The van der Waals surface area contributed by atoms with Gasteiger partial charge in [0.25, 0.3) is 5.91 Å². The van der Waals surface area contributed by atoms with Crippen molar-refractivity contribution in [2.75, 3.05) is 38.5 Å². The van der Waals surface area contributed by atoms with Crippen LogP contribution in [0.2, 0.25) is 0 Å². The lowest BCUT2D eigenvalue weighted by atomic mass is 10.0. The minimum atomic E-state index is -4.53. The number of para-hydroxylation sites is 1. The fraction of sp³-hybridized carbons (Fsp3) is 0.294. The van der Waals surface area contributed by atoms with Crippen LogP contribution in [0.1, 0.15) is 51.5 Å². The molecule has 4 aromatic rings. The van der Waals surface area contributed by atoms with Gasteiger partial charge in [-0.2, -0.15) is 13.2 Å². The molecular weight excluding hydrogens is 537 g/mol. The van der Waals surface area contributed by atoms with Crippen molar-refractivity contribution in [1.82, 2.24) is 14.8 Å². The number of pyridine rings is 1. The molecular formula is C34H35F3N4O. The number of hydrogen-bond acceptors (Lipinski definition) is 4. The van der Waals surface area contributed by atoms with E-state index in [4.69, 9.17) is 0 Å². The average molecular weight is 573 g/mol. The molecule has 1 aliphatic rings. The lowest BCUT2D eigenvalue weighted by Gasteiger charge is -2.33. The van der Waals surface area contributed by atoms with E-state index < -0.39 is 17.6 Å². The third-order valence-corrected chi connectivity index (χ3v) is 7.62. The Kier molecular flexibility index (Phi) is 9.04. The monoisotopic (exact) mass is 572 g/mol. The number of rotatable bonds is 8. The first kappa shape index (κ1) is 29.5. The van der Waals surface area contributed by atoms with E-state index >= 15 is 0 Å². The maximum Gasteiger partial charge on any atom is 0.416 e. The number of aromatic nitrogens is 1. The maximum atomic E-state index is 14.0. The van der Waals surface area contributed by atoms with Crippen LogP contribution in [-0.4, -0.2) is 53.9 Å². The average Bonchev–Trinajstić information content (AvgIpc) is 2.98. The third kappa shape index (κ3) is 7.24. The quantitative estimate of drug-likeness (QED) is 0.239. The predicted octanol–water partition coefficient (Wildman–Crippen LogP) is 7.38. The SMILES string of the molecule is CCCc1cccc2cc(/C=C/c3cccc(C(=O)Nc4ccc(CN5CCN(C)CC5)c(C(F)(F)F)c4)c3)cnc12. The Labute approximate surface area is 244 Å². The number of hydrogen-bond donors (Lipinski definition) is 1. The van der Waals surface area contributed by atoms with Gasteiger partial charge < -0.3 is 10.2 Å². The third-order valence-electron chi connectivity index (χ3n) is 7.62. The number of alkyl halides is 3. The second kappa shape index (κ2) is 12.9. The molecule has 1 aromatic heterocycles. The van der Waals surface area contributed by atoms with Gasteiger partial charge in [0.2, 0.25) is 0 Å². The molecule has 5 rings (SSSR count). The largest absolute Gasteiger partial charge is 0.416 e. The lowest BCUT2D eigenvalue weighted by Crippen LogP contribution is -2.44. The number of nitrogens with one attached hydrogen (secondary N) is 1. The van der Waals surface area contributed by atoms with Crippen LogP contribution in [0, 0.1) is 0 Å². The van der Waals surface area contributed by atoms with Crippen LogP contribution in [0.25, 0.3) is 23.1 Å². The van der Waals surface area contributed by atoms with E-state index in [1.165, 1.54) is 11.6 Å². The summed E-state index contributed by atoms with van der Waals surface area (Å²) in [5, 5.41) is 3.72. The molecule has 1 amide bonds. The van der Waals surface area contributed by atoms with Crippen molar-refractivity contribution in [2.24, 2.45) is 0 Å². The number of carbonyl (C=O) groups excluding carboxylic acids is 1. The summed E-state index contributed by atoms with van der Waals surface area (Å²) in [6.45, 7) is 5.45. The minimum absolute atomic E-state index is 0.111. The Morgan fingerprint density at radius 1 is 0.929 bits per heavy atom. The molecule has 0 radical (unpaired) electrons. The molecule has 0 atom stereocenters. The zero-order valence-electron chi connectivity index (χ0n) is 23.9. The number of anilines is 1. The topological polar surface area (TPSA) is 48.5 Å². The summed E-state index contributed by atoms with van der Waals surface area (Å²) in [6.07, 6.45) is 3.17. The molecule has 0 spiro atoms. The Morgan fingerprint density at radius 2 is 1.69 bits per heavy atom. The van der Waals surface area contributed by atoms with Gasteiger partial charge in [0, 0.05) is 55.6 Å². The van der Waals surface area contributed by atoms with Crippen LogP contribution in [0.15, 0.2) is 72.9 Å². The molecule has 1 fully saturated rings. The summed E-state index contributed by atoms with van der Waals surface area (Å²) in [5.74, 6) is -0.471. The number of benzene rings is 3. The second-order valence-corrected chi connectivity index (χ2v) is 10.9. The fourth-order valence-corrected chi connectivity index (χ4v) is 5.29. The number of amides is 1. The standard InChI is InChI=1S/C34H35F3N4O/c1-3-6-26-8-5-9-27-20-25(22-38-32(26)27)12-11-24-7-4-10-28(19-24)33(42)39-30-14-13-29(31(21-30)34(35,36)37)23-41-17-15-40(2)16-18-41/h4-5,7-14,19-22H,3,6,15-18,23H2,1-2H3,(H,39,42)/b12-11+. The molecule has 218 valence electrons. The van der Waals surface area contributed by atoms with Crippen LogP contribution in [0.3, 0.4) is 0 Å². The fourth-order valence-electron chi connectivity index (χ4n) is 5.29. The lowest BCUT2D eigenvalue weighted by molar-refractivity contribution is -0.138. The van der Waals surface area contributed by atoms with E-state index in [-0.39, 0.29) is 17.8 Å². The number of likely N-dealkylation sites (N-methyl/N-ethyl adjacent to an activating group) is 1. The zero-order valence-corrected chi connectivity index (χ0v) is 23.9. The molecule has 1 saturated heterocycles. The minimum Gasteiger partial charge on any atom is -0.322 e. The number of carbonyl (C=O) groups is 1. The van der Waals surface area contributed by atoms with Gasteiger partial charge in [-0.3, -0.25) is 14.7 Å². The van der Waals surface area contributed by atoms with Crippen molar-refractivity contribution in [1.29, 1.82) is 0 Å². The van der Waals surface area contributed by atoms with Gasteiger partial charge >= 0.3 is 6.18 Å². The zero-order chi connectivity index (χ0) is 29.7. The second-order valence-electron chi connectivity index (χ2n) is 10.9. The van der Waals surface area contributed by atoms with E-state index in [2.05, 4.69) is 34.3 Å². The first-order valence-electron chi connectivity index (χ1n) is 14.3. The van der Waals surface area contributed by atoms with Crippen LogP contribution in [0.5, 0.6) is 0 Å². The summed E-state index contributed by atoms with van der Waals surface area (Å²) in [7, 11) is 2.01. The molecule has 2 heterocycles. The van der Waals surface area contributed by atoms with Crippen LogP contribution in [-0.2, 0) is 19.1 Å². The van der Waals surface area contributed by atoms with E-state index in [0.717, 1.165) is 54.0 Å². The van der Waals surface area contributed by atoms with Crippen molar-refractivity contribution in [3.05, 3.63) is 106 Å². The molecule has 0 aliphatic carbocycles. The highest BCUT2D eigenvalue weighted by atomic mass is 19.4. The van der Waals surface area contributed by atoms with Gasteiger partial charge in [-0.05, 0) is 66.1 Å². The van der Waals surface area contributed by atoms with Gasteiger partial charge in [0.1, 0.15) is 0 Å². The van der Waals surface area contributed by atoms with Crippen molar-refractivity contribution in [3.8, 4) is 0 Å². The predicted molar refractivity (Wildman–Crippen MR) is 163 cm³/mol. The molecule has 3 aromatic carbocycles. The highest BCUT2D eigenvalue weighted by molar-refractivity contribution is 6.04. The van der Waals surface area contributed by atoms with Crippen LogP contribution < -0.4 is 5.32 Å². The maximum absolute atomic E-state index is 14.0. The number of nitrogens with zero attached hydrogens (tertiary/aromatic N) is 3. The van der Waals surface area contributed by atoms with E-state index in [1.54, 1.807) is 24.3 Å². The summed E-state index contributed by atoms with van der Waals surface area (Å²) in [4.78, 5) is 21.9. The first-order valence-corrected chi connectivity index (χ1v) is 14.3. The Hall–Kier alpha value is -4.01. The van der Waals surface area contributed by atoms with Crippen molar-refractivity contribution in [2.45, 2.75) is 32.5 Å². The molecule has 1 N–H and O–H groups in total. The number of fused-ring (bicyclic) bond motifs is 1. The van der Waals surface area contributed by atoms with E-state index in [1.807, 2.05) is 48.5 Å². The van der Waals surface area contributed by atoms with Crippen LogP contribution in [0.4, 0.5) is 18.9 Å². The van der Waals surface area contributed by atoms with Gasteiger partial charge in [-0.25, -0.2) is 0 Å². The van der Waals surface area contributed by atoms with Gasteiger partial charge in [-0.15, -0.1) is 0 Å². The van der Waals surface area contributed by atoms with Crippen molar-refractivity contribution < 1.29 is 18.0 Å².